The molecule has 0 radical (unpaired) electrons. The van der Waals surface area contributed by atoms with Crippen LogP contribution < -0.4 is 5.32 Å². The van der Waals surface area contributed by atoms with Crippen molar-refractivity contribution < 1.29 is 19.2 Å². The number of ether oxygens (including phenoxy) is 1. The van der Waals surface area contributed by atoms with E-state index in [2.05, 4.69) is 10.4 Å². The summed E-state index contributed by atoms with van der Waals surface area (Å²) in [6.45, 7) is 0.0438. The van der Waals surface area contributed by atoms with Gasteiger partial charge in [0.2, 0.25) is 0 Å². The fourth-order valence-electron chi connectivity index (χ4n) is 2.94. The van der Waals surface area contributed by atoms with Gasteiger partial charge < -0.3 is 10.1 Å². The number of benzene rings is 2. The molecule has 0 fully saturated rings. The van der Waals surface area contributed by atoms with Gasteiger partial charge in [-0.05, 0) is 48.3 Å². The van der Waals surface area contributed by atoms with Crippen molar-refractivity contribution in [1.82, 2.24) is 15.1 Å². The average Bonchev–Trinajstić information content (AvgIpc) is 3.35. The number of amides is 1. The van der Waals surface area contributed by atoms with E-state index < -0.39 is 22.8 Å². The molecule has 11 heteroatoms. The summed E-state index contributed by atoms with van der Waals surface area (Å²) < 4.78 is 7.14. The van der Waals surface area contributed by atoms with Crippen molar-refractivity contribution in [3.63, 3.8) is 0 Å². The first-order valence-electron chi connectivity index (χ1n) is 9.88. The van der Waals surface area contributed by atoms with E-state index in [1.54, 1.807) is 10.9 Å². The van der Waals surface area contributed by atoms with Gasteiger partial charge in [-0.1, -0.05) is 23.7 Å². The largest absolute Gasteiger partial charge is 0.459 e. The van der Waals surface area contributed by atoms with Crippen LogP contribution in [-0.2, 0) is 16.1 Å². The third-order valence-corrected chi connectivity index (χ3v) is 5.65. The molecule has 1 atom stereocenters. The molecule has 1 heterocycles. The molecule has 9 nitrogen and oxygen atoms in total. The number of nitro benzene ring substituents is 1. The number of halogens is 1. The molecule has 0 aliphatic rings. The van der Waals surface area contributed by atoms with Crippen LogP contribution in [0.25, 0.3) is 5.69 Å². The van der Waals surface area contributed by atoms with Gasteiger partial charge in [-0.2, -0.15) is 16.9 Å². The van der Waals surface area contributed by atoms with Crippen molar-refractivity contribution in [1.29, 1.82) is 0 Å². The minimum absolute atomic E-state index is 0.0402. The Balaban J connectivity index is 1.63. The summed E-state index contributed by atoms with van der Waals surface area (Å²) in [6, 6.07) is 11.9. The lowest BCUT2D eigenvalue weighted by Crippen LogP contribution is -2.42. The molecule has 0 aliphatic heterocycles. The first kappa shape index (κ1) is 24.3. The number of nitro groups is 1. The van der Waals surface area contributed by atoms with Crippen molar-refractivity contribution in [2.45, 2.75) is 19.1 Å². The average molecular weight is 489 g/mol. The molecule has 0 aliphatic carbocycles. The van der Waals surface area contributed by atoms with Gasteiger partial charge in [0.25, 0.3) is 11.6 Å². The molecule has 0 saturated carbocycles. The maximum Gasteiger partial charge on any atom is 0.329 e. The summed E-state index contributed by atoms with van der Waals surface area (Å²) in [5.41, 5.74) is 1.47. The highest BCUT2D eigenvalue weighted by molar-refractivity contribution is 7.98. The second-order valence-electron chi connectivity index (χ2n) is 6.95. The number of hydrogen-bond acceptors (Lipinski definition) is 7. The summed E-state index contributed by atoms with van der Waals surface area (Å²) in [6.07, 6.45) is 5.75. The Morgan fingerprint density at radius 2 is 2.03 bits per heavy atom. The van der Waals surface area contributed by atoms with Gasteiger partial charge in [0.15, 0.2) is 0 Å². The molecule has 172 valence electrons. The molecule has 2 aromatic carbocycles. The zero-order chi connectivity index (χ0) is 23.8. The van der Waals surface area contributed by atoms with E-state index in [1.165, 1.54) is 23.9 Å². The van der Waals surface area contributed by atoms with Gasteiger partial charge in [-0.3, -0.25) is 14.9 Å². The Morgan fingerprint density at radius 1 is 1.27 bits per heavy atom. The monoisotopic (exact) mass is 488 g/mol. The van der Waals surface area contributed by atoms with Crippen molar-refractivity contribution in [2.24, 2.45) is 0 Å². The van der Waals surface area contributed by atoms with Crippen LogP contribution in [0, 0.1) is 10.1 Å². The van der Waals surface area contributed by atoms with Gasteiger partial charge in [-0.25, -0.2) is 9.48 Å². The minimum Gasteiger partial charge on any atom is -0.459 e. The first-order valence-corrected chi connectivity index (χ1v) is 11.7. The van der Waals surface area contributed by atoms with Crippen LogP contribution in [0.3, 0.4) is 0 Å². The Bertz CT molecular complexity index is 1120. The Kier molecular flexibility index (Phi) is 8.45. The van der Waals surface area contributed by atoms with Crippen LogP contribution in [-0.4, -0.2) is 44.6 Å². The minimum atomic E-state index is -0.889. The molecule has 1 amide bonds. The molecule has 0 spiro atoms. The van der Waals surface area contributed by atoms with E-state index in [-0.39, 0.29) is 22.9 Å². The Morgan fingerprint density at radius 3 is 2.64 bits per heavy atom. The summed E-state index contributed by atoms with van der Waals surface area (Å²) in [4.78, 5) is 35.6. The van der Waals surface area contributed by atoms with Crippen molar-refractivity contribution >= 4 is 40.9 Å². The number of aromatic nitrogens is 2. The predicted octanol–water partition coefficient (Wildman–Crippen LogP) is 4.03. The first-order chi connectivity index (χ1) is 15.9. The lowest BCUT2D eigenvalue weighted by molar-refractivity contribution is -0.384. The molecule has 1 unspecified atom stereocenters. The zero-order valence-corrected chi connectivity index (χ0v) is 19.2. The smallest absolute Gasteiger partial charge is 0.329 e. The van der Waals surface area contributed by atoms with Crippen LogP contribution in [0.4, 0.5) is 5.69 Å². The second kappa shape index (κ2) is 11.5. The summed E-state index contributed by atoms with van der Waals surface area (Å²) in [7, 11) is 0. The van der Waals surface area contributed by atoms with Gasteiger partial charge in [0, 0.05) is 24.5 Å². The zero-order valence-electron chi connectivity index (χ0n) is 17.6. The quantitative estimate of drug-likeness (QED) is 0.260. The molecule has 1 N–H and O–H groups in total. The SMILES string of the molecule is CSCCC(NC(=O)c1ccc([N+](=O)[O-])cc1Cl)C(=O)OCc1ccc(-n2cccn2)cc1. The molecule has 1 aromatic heterocycles. The number of nitrogens with one attached hydrogen (secondary N) is 1. The van der Waals surface area contributed by atoms with Crippen molar-refractivity contribution in [2.75, 3.05) is 12.0 Å². The van der Waals surface area contributed by atoms with Crippen molar-refractivity contribution in [3.05, 3.63) is 87.2 Å². The number of thioether (sulfide) groups is 1. The van der Waals surface area contributed by atoms with E-state index in [9.17, 15) is 19.7 Å². The maximum atomic E-state index is 12.7. The number of esters is 1. The third kappa shape index (κ3) is 6.56. The fourth-order valence-corrected chi connectivity index (χ4v) is 3.68. The molecule has 33 heavy (non-hydrogen) atoms. The fraction of sp³-hybridized carbons (Fsp3) is 0.227. The second-order valence-corrected chi connectivity index (χ2v) is 8.35. The van der Waals surface area contributed by atoms with E-state index in [0.29, 0.717) is 12.2 Å². The summed E-state index contributed by atoms with van der Waals surface area (Å²) in [5, 5.41) is 17.6. The Hall–Kier alpha value is -3.37. The van der Waals surface area contributed by atoms with Gasteiger partial charge in [0.1, 0.15) is 12.6 Å². The van der Waals surface area contributed by atoms with Crippen molar-refractivity contribution in [3.8, 4) is 5.69 Å². The topological polar surface area (TPSA) is 116 Å². The standard InChI is InChI=1S/C22H21ClN4O5S/c1-33-12-9-20(25-21(28)18-8-7-17(27(30)31)13-19(18)23)22(29)32-14-15-3-5-16(6-4-15)26-11-2-10-24-26/h2-8,10-11,13,20H,9,12,14H2,1H3,(H,25,28). The number of non-ortho nitro benzene ring substituents is 1. The molecule has 3 aromatic rings. The molecular weight excluding hydrogens is 468 g/mol. The predicted molar refractivity (Wildman–Crippen MR) is 126 cm³/mol. The van der Waals surface area contributed by atoms with Gasteiger partial charge >= 0.3 is 5.97 Å². The Labute approximate surface area is 199 Å². The molecular formula is C22H21ClN4O5S. The van der Waals surface area contributed by atoms with Crippen LogP contribution in [0.1, 0.15) is 22.3 Å². The number of hydrogen-bond donors (Lipinski definition) is 1. The van der Waals surface area contributed by atoms with Gasteiger partial charge in [0.05, 0.1) is 21.2 Å². The van der Waals surface area contributed by atoms with Gasteiger partial charge in [-0.15, -0.1) is 0 Å². The van der Waals surface area contributed by atoms with E-state index in [1.807, 2.05) is 42.8 Å². The van der Waals surface area contributed by atoms with Crippen LogP contribution >= 0.6 is 23.4 Å². The van der Waals surface area contributed by atoms with E-state index in [0.717, 1.165) is 17.3 Å². The highest BCUT2D eigenvalue weighted by Crippen LogP contribution is 2.22. The number of carbonyl (C=O) groups is 2. The lowest BCUT2D eigenvalue weighted by atomic mass is 10.1. The number of carbonyl (C=O) groups excluding carboxylic acids is 2. The highest BCUT2D eigenvalue weighted by atomic mass is 35.5. The third-order valence-electron chi connectivity index (χ3n) is 4.69. The van der Waals surface area contributed by atoms with Crippen LogP contribution in [0.2, 0.25) is 5.02 Å². The normalized spacial score (nSPS) is 11.6. The molecule has 0 bridgehead atoms. The number of rotatable bonds is 10. The lowest BCUT2D eigenvalue weighted by Gasteiger charge is -2.18. The van der Waals surface area contributed by atoms with E-state index >= 15 is 0 Å². The van der Waals surface area contributed by atoms with Crippen LogP contribution in [0.5, 0.6) is 0 Å². The maximum absolute atomic E-state index is 12.7. The van der Waals surface area contributed by atoms with Crippen LogP contribution in [0.15, 0.2) is 60.9 Å². The van der Waals surface area contributed by atoms with E-state index in [4.69, 9.17) is 16.3 Å². The molecule has 0 saturated heterocycles. The highest BCUT2D eigenvalue weighted by Gasteiger charge is 2.24. The summed E-state index contributed by atoms with van der Waals surface area (Å²) >= 11 is 7.56. The number of nitrogens with zero attached hydrogens (tertiary/aromatic N) is 3. The molecule has 3 rings (SSSR count). The summed E-state index contributed by atoms with van der Waals surface area (Å²) in [5.74, 6) is -0.569.